The highest BCUT2D eigenvalue weighted by Gasteiger charge is 2.14. The number of fused-ring (bicyclic) bond motifs is 2. The monoisotopic (exact) mass is 660 g/mol. The normalized spacial score (nSPS) is 10.9. The molecule has 222 valence electrons. The molecular weight excluding hydrogens is 635 g/mol. The van der Waals surface area contributed by atoms with Crippen molar-refractivity contribution in [3.63, 3.8) is 0 Å². The van der Waals surface area contributed by atoms with Crippen molar-refractivity contribution in [1.29, 1.82) is 0 Å². The molecule has 3 heterocycles. The fourth-order valence-electron chi connectivity index (χ4n) is 5.14. The number of halogens is 2. The highest BCUT2D eigenvalue weighted by molar-refractivity contribution is 9.10. The van der Waals surface area contributed by atoms with Gasteiger partial charge in [0.05, 0.1) is 5.56 Å². The number of rotatable bonds is 4. The molecular formula is C36H26BrFN4O3. The van der Waals surface area contributed by atoms with Crippen LogP contribution in [0.2, 0.25) is 0 Å². The van der Waals surface area contributed by atoms with Crippen molar-refractivity contribution < 1.29 is 4.39 Å². The summed E-state index contributed by atoms with van der Waals surface area (Å²) in [6.07, 6.45) is 5.27. The molecule has 0 unspecified atom stereocenters. The van der Waals surface area contributed by atoms with Crippen molar-refractivity contribution in [2.24, 2.45) is 7.05 Å². The Morgan fingerprint density at radius 3 is 2.04 bits per heavy atom. The molecule has 0 aliphatic rings. The summed E-state index contributed by atoms with van der Waals surface area (Å²) in [5, 5.41) is 2.95. The summed E-state index contributed by atoms with van der Waals surface area (Å²) in [6, 6.07) is 29.0. The summed E-state index contributed by atoms with van der Waals surface area (Å²) in [7, 11) is 1.68. The van der Waals surface area contributed by atoms with Gasteiger partial charge in [-0.1, -0.05) is 76.6 Å². The second kappa shape index (κ2) is 12.7. The SMILES string of the molecule is Cn1c(Cc2ccccc2)ncc(-c2ccc(-c3ccc4cc[nH]c(=O)c4c3)c(F)c2)c1=O.O=c1[nH]ccc2ccc(Br)cc12. The Bertz CT molecular complexity index is 2360. The topological polar surface area (TPSA) is 101 Å². The molecule has 0 aliphatic heterocycles. The van der Waals surface area contributed by atoms with E-state index in [-0.39, 0.29) is 16.7 Å². The third-order valence-corrected chi connectivity index (χ3v) is 8.07. The molecule has 4 aromatic carbocycles. The van der Waals surface area contributed by atoms with E-state index in [9.17, 15) is 14.4 Å². The second-order valence-corrected chi connectivity index (χ2v) is 11.4. The number of nitrogens with zero attached hydrogens (tertiary/aromatic N) is 2. The van der Waals surface area contributed by atoms with Gasteiger partial charge in [-0.05, 0) is 63.9 Å². The number of H-pyrrole nitrogens is 2. The lowest BCUT2D eigenvalue weighted by Crippen LogP contribution is -2.23. The van der Waals surface area contributed by atoms with Gasteiger partial charge in [-0.3, -0.25) is 19.0 Å². The van der Waals surface area contributed by atoms with Crippen LogP contribution in [0, 0.1) is 5.82 Å². The van der Waals surface area contributed by atoms with Crippen LogP contribution in [0.3, 0.4) is 0 Å². The Morgan fingerprint density at radius 2 is 1.36 bits per heavy atom. The first-order valence-electron chi connectivity index (χ1n) is 14.1. The molecule has 0 atom stereocenters. The van der Waals surface area contributed by atoms with E-state index in [1.165, 1.54) is 16.8 Å². The first-order valence-corrected chi connectivity index (χ1v) is 14.9. The molecule has 7 nitrogen and oxygen atoms in total. The predicted molar refractivity (Wildman–Crippen MR) is 180 cm³/mol. The maximum Gasteiger partial charge on any atom is 0.261 e. The molecule has 0 saturated carbocycles. The van der Waals surface area contributed by atoms with Crippen LogP contribution in [0.25, 0.3) is 43.8 Å². The predicted octanol–water partition coefficient (Wildman–Crippen LogP) is 6.98. The average molecular weight is 662 g/mol. The fourth-order valence-corrected chi connectivity index (χ4v) is 5.50. The van der Waals surface area contributed by atoms with E-state index in [0.29, 0.717) is 45.3 Å². The molecule has 0 aliphatic carbocycles. The van der Waals surface area contributed by atoms with E-state index >= 15 is 4.39 Å². The third-order valence-electron chi connectivity index (χ3n) is 7.57. The van der Waals surface area contributed by atoms with Gasteiger partial charge < -0.3 is 9.97 Å². The number of aromatic nitrogens is 4. The lowest BCUT2D eigenvalue weighted by atomic mass is 9.99. The number of hydrogen-bond acceptors (Lipinski definition) is 4. The van der Waals surface area contributed by atoms with Crippen LogP contribution in [0.15, 0.2) is 135 Å². The Labute approximate surface area is 264 Å². The largest absolute Gasteiger partial charge is 0.329 e. The van der Waals surface area contributed by atoms with Gasteiger partial charge >= 0.3 is 0 Å². The standard InChI is InChI=1S/C27H20FN3O2.C9H6BrNO/c1-31-25(13-17-5-3-2-4-6-17)30-16-23(27(31)33)20-9-10-21(24(28)15-20)19-8-7-18-11-12-29-26(32)22(18)14-19;10-7-2-1-6-3-4-11-9(12)8(6)5-7/h2-12,14-16H,13H2,1H3,(H,29,32);1-5H,(H,11,12). The van der Waals surface area contributed by atoms with E-state index in [1.807, 2.05) is 54.6 Å². The quantitative estimate of drug-likeness (QED) is 0.213. The molecule has 0 amide bonds. The van der Waals surface area contributed by atoms with Gasteiger partial charge in [0.25, 0.3) is 16.7 Å². The van der Waals surface area contributed by atoms with E-state index in [1.54, 1.807) is 55.8 Å². The molecule has 0 spiro atoms. The van der Waals surface area contributed by atoms with Gasteiger partial charge in [0.15, 0.2) is 0 Å². The molecule has 3 aromatic heterocycles. The van der Waals surface area contributed by atoms with Crippen molar-refractivity contribution in [2.45, 2.75) is 6.42 Å². The van der Waals surface area contributed by atoms with Crippen molar-refractivity contribution in [3.8, 4) is 22.3 Å². The minimum Gasteiger partial charge on any atom is -0.329 e. The van der Waals surface area contributed by atoms with Gasteiger partial charge in [-0.2, -0.15) is 0 Å². The lowest BCUT2D eigenvalue weighted by molar-refractivity contribution is 0.631. The van der Waals surface area contributed by atoms with Crippen LogP contribution in [0.4, 0.5) is 4.39 Å². The van der Waals surface area contributed by atoms with E-state index in [0.717, 1.165) is 20.8 Å². The smallest absolute Gasteiger partial charge is 0.261 e. The summed E-state index contributed by atoms with van der Waals surface area (Å²) in [6.45, 7) is 0. The first-order chi connectivity index (χ1) is 21.8. The second-order valence-electron chi connectivity index (χ2n) is 10.5. The summed E-state index contributed by atoms with van der Waals surface area (Å²) in [5.41, 5.74) is 2.27. The van der Waals surface area contributed by atoms with Crippen molar-refractivity contribution in [3.05, 3.63) is 168 Å². The average Bonchev–Trinajstić information content (AvgIpc) is 3.05. The van der Waals surface area contributed by atoms with Crippen LogP contribution < -0.4 is 16.7 Å². The third kappa shape index (κ3) is 6.30. The number of aromatic amines is 2. The Morgan fingerprint density at radius 1 is 0.733 bits per heavy atom. The van der Waals surface area contributed by atoms with E-state index in [4.69, 9.17) is 0 Å². The highest BCUT2D eigenvalue weighted by atomic mass is 79.9. The fraction of sp³-hybridized carbons (Fsp3) is 0.0556. The van der Waals surface area contributed by atoms with Gasteiger partial charge in [-0.25, -0.2) is 9.37 Å². The van der Waals surface area contributed by atoms with E-state index < -0.39 is 5.82 Å². The minimum absolute atomic E-state index is 0.0474. The Kier molecular flexibility index (Phi) is 8.35. The van der Waals surface area contributed by atoms with Crippen molar-refractivity contribution >= 4 is 37.5 Å². The zero-order valence-electron chi connectivity index (χ0n) is 24.1. The molecule has 0 fully saturated rings. The van der Waals surface area contributed by atoms with Crippen LogP contribution in [-0.4, -0.2) is 19.5 Å². The Hall–Kier alpha value is -5.41. The molecule has 0 saturated heterocycles. The minimum atomic E-state index is -0.477. The number of pyridine rings is 2. The van der Waals surface area contributed by atoms with Crippen LogP contribution >= 0.6 is 15.9 Å². The first kappa shape index (κ1) is 29.7. The molecule has 2 N–H and O–H groups in total. The van der Waals surface area contributed by atoms with Gasteiger partial charge in [-0.15, -0.1) is 0 Å². The molecule has 0 bridgehead atoms. The summed E-state index contributed by atoms with van der Waals surface area (Å²) < 4.78 is 17.5. The number of hydrogen-bond donors (Lipinski definition) is 2. The lowest BCUT2D eigenvalue weighted by Gasteiger charge is -2.11. The maximum absolute atomic E-state index is 15.1. The number of benzene rings is 4. The Balaban J connectivity index is 0.000000248. The maximum atomic E-state index is 15.1. The van der Waals surface area contributed by atoms with Crippen LogP contribution in [0.1, 0.15) is 11.4 Å². The van der Waals surface area contributed by atoms with Crippen LogP contribution in [0.5, 0.6) is 0 Å². The molecule has 9 heteroatoms. The summed E-state index contributed by atoms with van der Waals surface area (Å²) in [5.74, 6) is 0.156. The van der Waals surface area contributed by atoms with Crippen molar-refractivity contribution in [2.75, 3.05) is 0 Å². The number of nitrogens with one attached hydrogen (secondary N) is 2. The summed E-state index contributed by atoms with van der Waals surface area (Å²) in [4.78, 5) is 46.1. The van der Waals surface area contributed by atoms with Crippen molar-refractivity contribution in [1.82, 2.24) is 19.5 Å². The molecule has 7 rings (SSSR count). The zero-order valence-corrected chi connectivity index (χ0v) is 25.6. The molecule has 45 heavy (non-hydrogen) atoms. The van der Waals surface area contributed by atoms with Crippen LogP contribution in [-0.2, 0) is 13.5 Å². The van der Waals surface area contributed by atoms with E-state index in [2.05, 4.69) is 30.9 Å². The van der Waals surface area contributed by atoms with Gasteiger partial charge in [0.2, 0.25) is 0 Å². The summed E-state index contributed by atoms with van der Waals surface area (Å²) >= 11 is 3.31. The van der Waals surface area contributed by atoms with Gasteiger partial charge in [0.1, 0.15) is 11.6 Å². The zero-order chi connectivity index (χ0) is 31.5. The highest BCUT2D eigenvalue weighted by Crippen LogP contribution is 2.28. The molecule has 7 aromatic rings. The molecule has 0 radical (unpaired) electrons. The van der Waals surface area contributed by atoms with Gasteiger partial charge in [0, 0.05) is 52.9 Å².